The summed E-state index contributed by atoms with van der Waals surface area (Å²) in [5, 5.41) is 0. The van der Waals surface area contributed by atoms with Crippen LogP contribution in [0.4, 0.5) is 22.0 Å². The number of Topliss-reactive ketones (excluding diaryl/α,β-unsaturated/α-hetero) is 1. The first kappa shape index (κ1) is 28.8. The van der Waals surface area contributed by atoms with E-state index in [9.17, 15) is 26.7 Å². The van der Waals surface area contributed by atoms with E-state index in [2.05, 4.69) is 4.98 Å². The number of rotatable bonds is 11. The van der Waals surface area contributed by atoms with Gasteiger partial charge in [-0.2, -0.15) is 8.78 Å². The number of nitrogens with zero attached hydrogens (tertiary/aromatic N) is 2. The van der Waals surface area contributed by atoms with E-state index in [1.807, 2.05) is 6.92 Å². The van der Waals surface area contributed by atoms with E-state index in [-0.39, 0.29) is 66.1 Å². The number of ketones is 1. The molecule has 6 nitrogen and oxygen atoms in total. The predicted molar refractivity (Wildman–Crippen MR) is 135 cm³/mol. The lowest BCUT2D eigenvalue weighted by atomic mass is 9.98. The number of alkyl halides is 4. The van der Waals surface area contributed by atoms with Crippen molar-refractivity contribution in [1.82, 2.24) is 9.88 Å². The number of carbonyl (C=O) groups is 1. The molecule has 0 radical (unpaired) electrons. The van der Waals surface area contributed by atoms with Gasteiger partial charge in [-0.1, -0.05) is 19.1 Å². The van der Waals surface area contributed by atoms with E-state index in [4.69, 9.17) is 13.9 Å². The van der Waals surface area contributed by atoms with Crippen molar-refractivity contribution in [3.05, 3.63) is 52.7 Å². The van der Waals surface area contributed by atoms with Crippen LogP contribution in [0.3, 0.4) is 0 Å². The van der Waals surface area contributed by atoms with Crippen LogP contribution in [0.15, 0.2) is 28.7 Å². The fourth-order valence-corrected chi connectivity index (χ4v) is 4.85. The van der Waals surface area contributed by atoms with Gasteiger partial charge in [0.25, 0.3) is 11.8 Å². The summed E-state index contributed by atoms with van der Waals surface area (Å²) in [7, 11) is 0. The number of aryl methyl sites for hydroxylation is 1. The number of aromatic nitrogens is 1. The third-order valence-electron chi connectivity index (χ3n) is 6.91. The second kappa shape index (κ2) is 11.9. The van der Waals surface area contributed by atoms with Crippen molar-refractivity contribution >= 4 is 16.9 Å². The zero-order chi connectivity index (χ0) is 28.3. The van der Waals surface area contributed by atoms with Crippen LogP contribution in [0.25, 0.3) is 11.1 Å². The van der Waals surface area contributed by atoms with Gasteiger partial charge in [-0.3, -0.25) is 9.69 Å². The van der Waals surface area contributed by atoms with Crippen molar-refractivity contribution < 1.29 is 40.6 Å². The Balaban J connectivity index is 1.63. The highest BCUT2D eigenvalue weighted by atomic mass is 19.3. The van der Waals surface area contributed by atoms with E-state index < -0.39 is 30.6 Å². The Bertz CT molecular complexity index is 1310. The minimum atomic E-state index is -2.99. The maximum absolute atomic E-state index is 13.8. The van der Waals surface area contributed by atoms with Gasteiger partial charge < -0.3 is 13.9 Å². The summed E-state index contributed by atoms with van der Waals surface area (Å²) in [6.45, 7) is 5.10. The van der Waals surface area contributed by atoms with E-state index in [1.165, 1.54) is 19.1 Å². The molecule has 1 fully saturated rings. The SMILES string of the molecule is CC(=O)c1c(OCCN2CCCC(F)(F)C2)c(OCCC(C)c2ccc(F)cc2)c2oc(C(F)F)nc2c1C. The van der Waals surface area contributed by atoms with Crippen molar-refractivity contribution in [2.45, 2.75) is 58.3 Å². The van der Waals surface area contributed by atoms with E-state index in [0.717, 1.165) is 5.56 Å². The summed E-state index contributed by atoms with van der Waals surface area (Å²) < 4.78 is 85.3. The molecule has 3 aromatic rings. The van der Waals surface area contributed by atoms with E-state index >= 15 is 0 Å². The molecule has 1 unspecified atom stereocenters. The molecule has 1 atom stereocenters. The van der Waals surface area contributed by atoms with Gasteiger partial charge in [-0.15, -0.1) is 0 Å². The van der Waals surface area contributed by atoms with Crippen LogP contribution in [-0.2, 0) is 0 Å². The molecule has 2 heterocycles. The lowest BCUT2D eigenvalue weighted by molar-refractivity contribution is -0.0657. The molecule has 0 spiro atoms. The number of carbonyl (C=O) groups excluding carboxylic acids is 1. The Morgan fingerprint density at radius 2 is 1.85 bits per heavy atom. The Morgan fingerprint density at radius 1 is 1.15 bits per heavy atom. The molecule has 0 N–H and O–H groups in total. The summed E-state index contributed by atoms with van der Waals surface area (Å²) in [6.07, 6.45) is -2.34. The monoisotopic (exact) mass is 554 g/mol. The number of hydrogen-bond donors (Lipinski definition) is 0. The van der Waals surface area contributed by atoms with Crippen LogP contribution >= 0.6 is 0 Å². The largest absolute Gasteiger partial charge is 0.487 e. The molecule has 4 rings (SSSR count). The van der Waals surface area contributed by atoms with Crippen molar-refractivity contribution in [2.24, 2.45) is 0 Å². The molecule has 1 aromatic heterocycles. The van der Waals surface area contributed by atoms with Crippen LogP contribution in [-0.4, -0.2) is 54.4 Å². The minimum absolute atomic E-state index is 0.00247. The maximum atomic E-state index is 13.8. The van der Waals surface area contributed by atoms with Gasteiger partial charge in [0.1, 0.15) is 17.9 Å². The average Bonchev–Trinajstić information content (AvgIpc) is 3.32. The summed E-state index contributed by atoms with van der Waals surface area (Å²) >= 11 is 0. The standard InChI is InChI=1S/C28H31F5N2O4/c1-16(19-5-7-20(29)8-6-19)9-13-37-25-23(38-14-12-35-11-4-10-28(32,33)15-35)21(18(3)36)17(2)22-24(25)39-27(34-22)26(30)31/h5-8,16,26H,4,9-15H2,1-3H3. The van der Waals surface area contributed by atoms with Crippen molar-refractivity contribution in [1.29, 1.82) is 0 Å². The Hall–Kier alpha value is -3.21. The lowest BCUT2D eigenvalue weighted by Gasteiger charge is -2.32. The molecule has 0 amide bonds. The molecule has 2 aromatic carbocycles. The third-order valence-corrected chi connectivity index (χ3v) is 6.91. The Kier molecular flexibility index (Phi) is 8.78. The Labute approximate surface area is 223 Å². The Morgan fingerprint density at radius 3 is 2.49 bits per heavy atom. The molecule has 1 aliphatic heterocycles. The lowest BCUT2D eigenvalue weighted by Crippen LogP contribution is -2.44. The number of halogens is 5. The normalized spacial score (nSPS) is 16.5. The number of piperidine rings is 1. The molecule has 1 aliphatic rings. The van der Waals surface area contributed by atoms with Crippen molar-refractivity contribution in [3.8, 4) is 11.5 Å². The van der Waals surface area contributed by atoms with Crippen molar-refractivity contribution in [3.63, 3.8) is 0 Å². The van der Waals surface area contributed by atoms with Gasteiger partial charge in [0.05, 0.1) is 18.7 Å². The summed E-state index contributed by atoms with van der Waals surface area (Å²) in [5.74, 6) is -4.43. The highest BCUT2D eigenvalue weighted by Crippen LogP contribution is 2.44. The number of hydrogen-bond acceptors (Lipinski definition) is 6. The number of ether oxygens (including phenoxy) is 2. The van der Waals surface area contributed by atoms with Crippen LogP contribution in [0, 0.1) is 12.7 Å². The molecule has 11 heteroatoms. The van der Waals surface area contributed by atoms with Gasteiger partial charge in [0, 0.05) is 13.0 Å². The molecule has 212 valence electrons. The van der Waals surface area contributed by atoms with Gasteiger partial charge >= 0.3 is 6.43 Å². The third kappa shape index (κ3) is 6.69. The van der Waals surface area contributed by atoms with E-state index in [0.29, 0.717) is 24.9 Å². The predicted octanol–water partition coefficient (Wildman–Crippen LogP) is 7.10. The second-order valence-corrected chi connectivity index (χ2v) is 9.92. The molecular weight excluding hydrogens is 523 g/mol. The maximum Gasteiger partial charge on any atom is 0.313 e. The number of likely N-dealkylation sites (tertiary alicyclic amines) is 1. The number of oxazole rings is 1. The summed E-state index contributed by atoms with van der Waals surface area (Å²) in [6, 6.07) is 6.06. The zero-order valence-electron chi connectivity index (χ0n) is 22.0. The van der Waals surface area contributed by atoms with Crippen LogP contribution in [0.2, 0.25) is 0 Å². The van der Waals surface area contributed by atoms with Crippen LogP contribution in [0.1, 0.15) is 72.8 Å². The summed E-state index contributed by atoms with van der Waals surface area (Å²) in [4.78, 5) is 18.2. The smallest absolute Gasteiger partial charge is 0.313 e. The molecule has 1 saturated heterocycles. The fourth-order valence-electron chi connectivity index (χ4n) is 4.85. The molecule has 39 heavy (non-hydrogen) atoms. The molecule has 0 aliphatic carbocycles. The number of fused-ring (bicyclic) bond motifs is 1. The van der Waals surface area contributed by atoms with Crippen molar-refractivity contribution in [2.75, 3.05) is 32.8 Å². The highest BCUT2D eigenvalue weighted by molar-refractivity contribution is 6.05. The fraction of sp³-hybridized carbons (Fsp3) is 0.500. The highest BCUT2D eigenvalue weighted by Gasteiger charge is 2.35. The first-order valence-corrected chi connectivity index (χ1v) is 12.8. The minimum Gasteiger partial charge on any atom is -0.487 e. The quantitative estimate of drug-likeness (QED) is 0.186. The molecule has 0 bridgehead atoms. The topological polar surface area (TPSA) is 64.8 Å². The van der Waals surface area contributed by atoms with Crippen LogP contribution < -0.4 is 9.47 Å². The first-order chi connectivity index (χ1) is 18.5. The van der Waals surface area contributed by atoms with Gasteiger partial charge in [-0.05, 0) is 62.4 Å². The van der Waals surface area contributed by atoms with Gasteiger partial charge in [0.15, 0.2) is 11.5 Å². The summed E-state index contributed by atoms with van der Waals surface area (Å²) in [5.41, 5.74) is 1.25. The molecule has 0 saturated carbocycles. The number of benzene rings is 2. The van der Waals surface area contributed by atoms with Gasteiger partial charge in [-0.25, -0.2) is 18.2 Å². The van der Waals surface area contributed by atoms with Crippen LogP contribution in [0.5, 0.6) is 11.5 Å². The second-order valence-electron chi connectivity index (χ2n) is 9.92. The average molecular weight is 555 g/mol. The zero-order valence-corrected chi connectivity index (χ0v) is 22.0. The molecular formula is C28H31F5N2O4. The van der Waals surface area contributed by atoms with Gasteiger partial charge in [0.2, 0.25) is 11.3 Å². The first-order valence-electron chi connectivity index (χ1n) is 12.8. The van der Waals surface area contributed by atoms with E-state index in [1.54, 1.807) is 24.0 Å².